The van der Waals surface area contributed by atoms with Crippen molar-refractivity contribution in [2.45, 2.75) is 56.9 Å². The van der Waals surface area contributed by atoms with Gasteiger partial charge in [0.1, 0.15) is 18.1 Å². The molecule has 0 aliphatic carbocycles. The topological polar surface area (TPSA) is 151 Å². The Labute approximate surface area is 304 Å². The zero-order valence-electron chi connectivity index (χ0n) is 29.8. The number of amides is 2. The fraction of sp³-hybridized carbons (Fsp3) is 0.474. The number of hydrogen-bond acceptors (Lipinski definition) is 11. The maximum absolute atomic E-state index is 13.6. The Kier molecular flexibility index (Phi) is 14.3. The number of rotatable bonds is 18. The molecule has 3 aromatic rings. The van der Waals surface area contributed by atoms with E-state index in [4.69, 9.17) is 23.7 Å². The summed E-state index contributed by atoms with van der Waals surface area (Å²) in [4.78, 5) is 45.7. The van der Waals surface area contributed by atoms with Gasteiger partial charge in [-0.15, -0.1) is 10.1 Å². The molecule has 1 fully saturated rings. The van der Waals surface area contributed by atoms with Crippen molar-refractivity contribution in [3.8, 4) is 11.5 Å². The minimum Gasteiger partial charge on any atom is -0.497 e. The van der Waals surface area contributed by atoms with E-state index in [1.54, 1.807) is 19.1 Å². The van der Waals surface area contributed by atoms with E-state index < -0.39 is 23.3 Å². The van der Waals surface area contributed by atoms with Crippen LogP contribution in [0.15, 0.2) is 72.8 Å². The maximum Gasteiger partial charge on any atom is 0.410 e. The Morgan fingerprint density at radius 2 is 1.79 bits per heavy atom. The minimum atomic E-state index is -0.883. The number of carbonyl (C=O) groups excluding carboxylic acids is 2. The average Bonchev–Trinajstić information content (AvgIpc) is 3.16. The van der Waals surface area contributed by atoms with Gasteiger partial charge in [0.05, 0.1) is 51.8 Å². The van der Waals surface area contributed by atoms with Crippen LogP contribution in [0.25, 0.3) is 0 Å². The van der Waals surface area contributed by atoms with Crippen LogP contribution in [0.4, 0.5) is 10.5 Å². The highest BCUT2D eigenvalue weighted by Crippen LogP contribution is 2.38. The van der Waals surface area contributed by atoms with Crippen LogP contribution in [0.1, 0.15) is 48.3 Å². The first-order valence-corrected chi connectivity index (χ1v) is 17.6. The second-order valence-corrected chi connectivity index (χ2v) is 12.7. The van der Waals surface area contributed by atoms with Gasteiger partial charge in [-0.3, -0.25) is 4.79 Å². The number of nitrogens with one attached hydrogen (secondary N) is 1. The lowest BCUT2D eigenvalue weighted by Crippen LogP contribution is -2.53. The molecule has 0 aromatic heterocycles. The molecule has 0 bridgehead atoms. The number of methoxy groups -OCH3 is 2. The molecule has 0 radical (unpaired) electrons. The van der Waals surface area contributed by atoms with Crippen molar-refractivity contribution < 1.29 is 43.2 Å². The van der Waals surface area contributed by atoms with Crippen LogP contribution in [0, 0.1) is 10.1 Å². The number of piperidine rings is 1. The first kappa shape index (κ1) is 38.2. The quantitative estimate of drug-likeness (QED) is 0.106. The van der Waals surface area contributed by atoms with Gasteiger partial charge in [0.15, 0.2) is 0 Å². The van der Waals surface area contributed by atoms with Crippen LogP contribution in [0.2, 0.25) is 0 Å². The zero-order valence-corrected chi connectivity index (χ0v) is 29.8. The Balaban J connectivity index is 1.35. The zero-order chi connectivity index (χ0) is 36.7. The summed E-state index contributed by atoms with van der Waals surface area (Å²) in [5, 5.41) is 12.7. The summed E-state index contributed by atoms with van der Waals surface area (Å²) in [7, 11) is 3.31. The molecule has 2 aliphatic rings. The summed E-state index contributed by atoms with van der Waals surface area (Å²) in [6.07, 6.45) is 0.439. The normalized spacial score (nSPS) is 18.2. The molecule has 3 atom stereocenters. The first-order chi connectivity index (χ1) is 25.3. The number of anilines is 1. The summed E-state index contributed by atoms with van der Waals surface area (Å²) < 4.78 is 28.8. The summed E-state index contributed by atoms with van der Waals surface area (Å²) in [5.74, 6) is 1.17. The maximum atomic E-state index is 13.6. The molecule has 3 aromatic carbocycles. The van der Waals surface area contributed by atoms with Crippen molar-refractivity contribution in [3.05, 3.63) is 99.6 Å². The number of nitrogens with zero attached hydrogens (tertiary/aromatic N) is 3. The third-order valence-electron chi connectivity index (χ3n) is 9.26. The molecule has 5 rings (SSSR count). The van der Waals surface area contributed by atoms with Gasteiger partial charge in [0.2, 0.25) is 5.91 Å². The molecule has 52 heavy (non-hydrogen) atoms. The van der Waals surface area contributed by atoms with E-state index in [1.807, 2.05) is 66.7 Å². The summed E-state index contributed by atoms with van der Waals surface area (Å²) in [6, 6.07) is 22.9. The SMILES string of the molecule is COCCCN1CCOc2ccc(COC3CN(C(=O)OCCCO[N+](=O)[O-])C(CC(=O)NCc4ccccc4)CC3c3ccc(OC)cc3)cc21. The van der Waals surface area contributed by atoms with Crippen LogP contribution < -0.4 is 19.7 Å². The minimum absolute atomic E-state index is 0.0511. The molecule has 0 saturated carbocycles. The number of fused-ring (bicyclic) bond motifs is 1. The number of benzene rings is 3. The van der Waals surface area contributed by atoms with Crippen LogP contribution in [0.3, 0.4) is 0 Å². The molecule has 3 unspecified atom stereocenters. The molecule has 2 aliphatic heterocycles. The van der Waals surface area contributed by atoms with Gasteiger partial charge in [0.25, 0.3) is 5.09 Å². The molecular weight excluding hydrogens is 672 g/mol. The van der Waals surface area contributed by atoms with Crippen molar-refractivity contribution >= 4 is 17.7 Å². The van der Waals surface area contributed by atoms with Gasteiger partial charge < -0.3 is 43.6 Å². The summed E-state index contributed by atoms with van der Waals surface area (Å²) in [6.45, 7) is 3.41. The fourth-order valence-corrected chi connectivity index (χ4v) is 6.60. The van der Waals surface area contributed by atoms with Crippen LogP contribution in [-0.4, -0.2) is 94.4 Å². The van der Waals surface area contributed by atoms with Gasteiger partial charge in [0, 0.05) is 51.6 Å². The highest BCUT2D eigenvalue weighted by Gasteiger charge is 2.41. The molecule has 14 heteroatoms. The van der Waals surface area contributed by atoms with E-state index in [1.165, 1.54) is 0 Å². The number of hydrogen-bond donors (Lipinski definition) is 1. The van der Waals surface area contributed by atoms with Crippen LogP contribution in [-0.2, 0) is 37.0 Å². The lowest BCUT2D eigenvalue weighted by Gasteiger charge is -2.43. The summed E-state index contributed by atoms with van der Waals surface area (Å²) >= 11 is 0. The monoisotopic (exact) mass is 720 g/mol. The Morgan fingerprint density at radius 1 is 0.981 bits per heavy atom. The second-order valence-electron chi connectivity index (χ2n) is 12.7. The van der Waals surface area contributed by atoms with Gasteiger partial charge in [-0.25, -0.2) is 4.79 Å². The molecule has 1 N–H and O–H groups in total. The predicted octanol–water partition coefficient (Wildman–Crippen LogP) is 5.12. The van der Waals surface area contributed by atoms with Crippen molar-refractivity contribution in [1.82, 2.24) is 10.2 Å². The number of likely N-dealkylation sites (tertiary alicyclic amines) is 1. The Morgan fingerprint density at radius 3 is 2.54 bits per heavy atom. The van der Waals surface area contributed by atoms with E-state index in [2.05, 4.69) is 21.1 Å². The van der Waals surface area contributed by atoms with Crippen molar-refractivity contribution in [3.63, 3.8) is 0 Å². The van der Waals surface area contributed by atoms with Crippen molar-refractivity contribution in [1.29, 1.82) is 0 Å². The highest BCUT2D eigenvalue weighted by molar-refractivity contribution is 5.78. The third kappa shape index (κ3) is 11.0. The molecule has 1 saturated heterocycles. The van der Waals surface area contributed by atoms with Gasteiger partial charge in [-0.1, -0.05) is 48.5 Å². The summed E-state index contributed by atoms with van der Waals surface area (Å²) in [5.41, 5.74) is 3.92. The lowest BCUT2D eigenvalue weighted by atomic mass is 9.82. The van der Waals surface area contributed by atoms with Gasteiger partial charge >= 0.3 is 6.09 Å². The molecule has 0 spiro atoms. The Bertz CT molecular complexity index is 1590. The first-order valence-electron chi connectivity index (χ1n) is 17.6. The van der Waals surface area contributed by atoms with E-state index in [9.17, 15) is 19.7 Å². The lowest BCUT2D eigenvalue weighted by molar-refractivity contribution is -0.757. The van der Waals surface area contributed by atoms with E-state index in [0.29, 0.717) is 31.9 Å². The van der Waals surface area contributed by atoms with Gasteiger partial charge in [-0.05, 0) is 53.8 Å². The van der Waals surface area contributed by atoms with Gasteiger partial charge in [-0.2, -0.15) is 0 Å². The average molecular weight is 721 g/mol. The molecule has 2 amide bonds. The predicted molar refractivity (Wildman–Crippen MR) is 192 cm³/mol. The largest absolute Gasteiger partial charge is 0.497 e. The number of ether oxygens (including phenoxy) is 5. The van der Waals surface area contributed by atoms with Crippen molar-refractivity contribution in [2.75, 3.05) is 65.2 Å². The molecule has 280 valence electrons. The molecule has 2 heterocycles. The highest BCUT2D eigenvalue weighted by atomic mass is 16.9. The number of carbonyl (C=O) groups is 2. The molecular formula is C38H48N4O10. The third-order valence-corrected chi connectivity index (χ3v) is 9.26. The van der Waals surface area contributed by atoms with E-state index >= 15 is 0 Å². The standard InChI is InChI=1S/C38H48N4O10/c1-47-18-6-16-40-17-21-49-35-15-10-29(22-34(35)40)27-51-36-26-41(38(44)50-19-7-20-52-42(45)46)31(23-33(36)30-11-13-32(48-2)14-12-30)24-37(43)39-25-28-8-4-3-5-9-28/h3-5,8-15,22,31,33,36H,6-7,16-21,23-27H2,1-2H3,(H,39,43). The van der Waals surface area contributed by atoms with Crippen LogP contribution in [0.5, 0.6) is 11.5 Å². The fourth-order valence-electron chi connectivity index (χ4n) is 6.60. The smallest absolute Gasteiger partial charge is 0.410 e. The van der Waals surface area contributed by atoms with Crippen molar-refractivity contribution in [2.24, 2.45) is 0 Å². The Hall–Kier alpha value is -5.08. The van der Waals surface area contributed by atoms with Crippen LogP contribution >= 0.6 is 0 Å². The molecule has 14 nitrogen and oxygen atoms in total. The van der Waals surface area contributed by atoms with E-state index in [0.717, 1.165) is 47.6 Å². The van der Waals surface area contributed by atoms with E-state index in [-0.39, 0.29) is 51.0 Å². The second kappa shape index (κ2) is 19.5.